The van der Waals surface area contributed by atoms with Gasteiger partial charge in [0.25, 0.3) is 0 Å². The van der Waals surface area contributed by atoms with E-state index in [9.17, 15) is 5.11 Å². The molecule has 0 aromatic carbocycles. The van der Waals surface area contributed by atoms with Crippen molar-refractivity contribution in [3.05, 3.63) is 30.2 Å². The number of aliphatic hydroxyl groups is 1. The minimum Gasteiger partial charge on any atom is -0.481 e. The van der Waals surface area contributed by atoms with Crippen LogP contribution in [0.25, 0.3) is 0 Å². The predicted octanol–water partition coefficient (Wildman–Crippen LogP) is 0.431. The highest BCUT2D eigenvalue weighted by Crippen LogP contribution is 2.34. The van der Waals surface area contributed by atoms with Crippen molar-refractivity contribution in [2.24, 2.45) is 13.0 Å². The average Bonchev–Trinajstić information content (AvgIpc) is 3.13. The number of rotatable bonds is 4. The Bertz CT molecular complexity index is 615. The summed E-state index contributed by atoms with van der Waals surface area (Å²) in [5.74, 6) is 1.58. The van der Waals surface area contributed by atoms with Crippen LogP contribution in [0.15, 0.2) is 24.7 Å². The molecule has 0 unspecified atom stereocenters. The predicted molar refractivity (Wildman–Crippen MR) is 77.3 cm³/mol. The maximum absolute atomic E-state index is 9.65. The maximum atomic E-state index is 9.65. The van der Waals surface area contributed by atoms with E-state index in [1.807, 2.05) is 19.4 Å². The average molecular weight is 289 g/mol. The van der Waals surface area contributed by atoms with Crippen LogP contribution in [-0.2, 0) is 7.05 Å². The van der Waals surface area contributed by atoms with E-state index in [4.69, 9.17) is 4.74 Å². The van der Waals surface area contributed by atoms with E-state index in [1.165, 1.54) is 0 Å². The lowest BCUT2D eigenvalue weighted by Gasteiger charge is -2.16. The molecular formula is C14H19N5O2. The smallest absolute Gasteiger partial charge is 0.228 e. The van der Waals surface area contributed by atoms with Crippen LogP contribution < -0.4 is 9.64 Å². The first-order chi connectivity index (χ1) is 10.2. The summed E-state index contributed by atoms with van der Waals surface area (Å²) in [7, 11) is 3.49. The first kappa shape index (κ1) is 13.8. The van der Waals surface area contributed by atoms with Gasteiger partial charge in [0.15, 0.2) is 0 Å². The van der Waals surface area contributed by atoms with E-state index < -0.39 is 0 Å². The Labute approximate surface area is 123 Å². The first-order valence-electron chi connectivity index (χ1n) is 6.92. The molecule has 1 fully saturated rings. The van der Waals surface area contributed by atoms with Crippen molar-refractivity contribution in [1.29, 1.82) is 0 Å². The Morgan fingerprint density at radius 2 is 2.29 bits per heavy atom. The van der Waals surface area contributed by atoms with Crippen LogP contribution in [0.3, 0.4) is 0 Å². The molecule has 2 aromatic rings. The second-order valence-electron chi connectivity index (χ2n) is 5.30. The molecule has 0 spiro atoms. The van der Waals surface area contributed by atoms with Gasteiger partial charge in [-0.2, -0.15) is 10.1 Å². The number of methoxy groups -OCH3 is 1. The van der Waals surface area contributed by atoms with Crippen LogP contribution in [0, 0.1) is 5.92 Å². The van der Waals surface area contributed by atoms with E-state index in [2.05, 4.69) is 20.0 Å². The molecule has 112 valence electrons. The molecule has 1 aliphatic rings. The van der Waals surface area contributed by atoms with Crippen LogP contribution in [0.2, 0.25) is 0 Å². The molecule has 0 bridgehead atoms. The Morgan fingerprint density at radius 1 is 1.43 bits per heavy atom. The molecule has 1 N–H and O–H groups in total. The van der Waals surface area contributed by atoms with Gasteiger partial charge in [-0.1, -0.05) is 0 Å². The van der Waals surface area contributed by atoms with E-state index in [0.29, 0.717) is 11.8 Å². The van der Waals surface area contributed by atoms with Gasteiger partial charge >= 0.3 is 0 Å². The first-order valence-corrected chi connectivity index (χ1v) is 6.92. The van der Waals surface area contributed by atoms with Crippen LogP contribution in [0.4, 0.5) is 5.95 Å². The lowest BCUT2D eigenvalue weighted by Crippen LogP contribution is -2.22. The Morgan fingerprint density at radius 3 is 2.95 bits per heavy atom. The molecule has 2 atom stereocenters. The van der Waals surface area contributed by atoms with Crippen molar-refractivity contribution in [3.63, 3.8) is 0 Å². The van der Waals surface area contributed by atoms with Crippen molar-refractivity contribution in [2.45, 2.75) is 5.92 Å². The molecule has 0 radical (unpaired) electrons. The second kappa shape index (κ2) is 5.69. The summed E-state index contributed by atoms with van der Waals surface area (Å²) in [6.07, 6.45) is 5.55. The normalized spacial score (nSPS) is 21.8. The zero-order valence-electron chi connectivity index (χ0n) is 12.2. The Kier molecular flexibility index (Phi) is 3.74. The van der Waals surface area contributed by atoms with E-state index in [0.717, 1.165) is 18.7 Å². The maximum Gasteiger partial charge on any atom is 0.228 e. The molecule has 21 heavy (non-hydrogen) atoms. The number of hydrogen-bond donors (Lipinski definition) is 1. The quantitative estimate of drug-likeness (QED) is 0.879. The molecule has 0 saturated carbocycles. The number of ether oxygens (including phenoxy) is 1. The Balaban J connectivity index is 1.83. The van der Waals surface area contributed by atoms with E-state index in [1.54, 1.807) is 24.1 Å². The molecular weight excluding hydrogens is 270 g/mol. The zero-order chi connectivity index (χ0) is 14.8. The lowest BCUT2D eigenvalue weighted by atomic mass is 9.92. The number of hydrogen-bond acceptors (Lipinski definition) is 6. The Hall–Kier alpha value is -2.15. The van der Waals surface area contributed by atoms with Gasteiger partial charge in [0.1, 0.15) is 0 Å². The summed E-state index contributed by atoms with van der Waals surface area (Å²) in [5.41, 5.74) is 1.14. The summed E-state index contributed by atoms with van der Waals surface area (Å²) in [5, 5.41) is 13.9. The summed E-state index contributed by atoms with van der Waals surface area (Å²) in [6.45, 7) is 1.63. The van der Waals surface area contributed by atoms with Gasteiger partial charge in [-0.15, -0.1) is 0 Å². The van der Waals surface area contributed by atoms with Gasteiger partial charge in [0.2, 0.25) is 11.8 Å². The van der Waals surface area contributed by atoms with Crippen molar-refractivity contribution < 1.29 is 9.84 Å². The fourth-order valence-electron chi connectivity index (χ4n) is 2.83. The molecule has 7 heteroatoms. The van der Waals surface area contributed by atoms with Crippen LogP contribution >= 0.6 is 0 Å². The highest BCUT2D eigenvalue weighted by molar-refractivity contribution is 5.37. The minimum atomic E-state index is 0.139. The molecule has 7 nitrogen and oxygen atoms in total. The number of aromatic nitrogens is 4. The fraction of sp³-hybridized carbons (Fsp3) is 0.500. The van der Waals surface area contributed by atoms with Crippen molar-refractivity contribution >= 4 is 5.95 Å². The SMILES string of the molecule is COc1ccnc(N2C[C@@H](CO)[C@H](c3cnn(C)c3)C2)n1. The molecule has 1 aliphatic heterocycles. The lowest BCUT2D eigenvalue weighted by molar-refractivity contribution is 0.227. The number of aliphatic hydroxyl groups excluding tert-OH is 1. The monoisotopic (exact) mass is 289 g/mol. The molecule has 2 aromatic heterocycles. The number of nitrogens with zero attached hydrogens (tertiary/aromatic N) is 5. The molecule has 0 aliphatic carbocycles. The topological polar surface area (TPSA) is 76.3 Å². The van der Waals surface area contributed by atoms with Gasteiger partial charge in [0, 0.05) is 57.0 Å². The third-order valence-electron chi connectivity index (χ3n) is 3.94. The summed E-state index contributed by atoms with van der Waals surface area (Å²) in [4.78, 5) is 10.8. The summed E-state index contributed by atoms with van der Waals surface area (Å²) in [6, 6.07) is 1.72. The van der Waals surface area contributed by atoms with E-state index >= 15 is 0 Å². The third kappa shape index (κ3) is 2.69. The number of aryl methyl sites for hydroxylation is 1. The van der Waals surface area contributed by atoms with Gasteiger partial charge in [-0.3, -0.25) is 4.68 Å². The molecule has 0 amide bonds. The summed E-state index contributed by atoms with van der Waals surface area (Å²) >= 11 is 0. The summed E-state index contributed by atoms with van der Waals surface area (Å²) < 4.78 is 6.93. The van der Waals surface area contributed by atoms with Gasteiger partial charge in [-0.05, 0) is 5.56 Å². The largest absolute Gasteiger partial charge is 0.481 e. The standard InChI is InChI=1S/C14H19N5O2/c1-18-6-10(5-16-18)12-8-19(7-11(12)9-20)14-15-4-3-13(17-14)21-2/h3-6,11-12,20H,7-9H2,1-2H3/t11-,12-/m0/s1. The van der Waals surface area contributed by atoms with Crippen molar-refractivity contribution in [1.82, 2.24) is 19.7 Å². The highest BCUT2D eigenvalue weighted by Gasteiger charge is 2.35. The van der Waals surface area contributed by atoms with Crippen LogP contribution in [0.5, 0.6) is 5.88 Å². The van der Waals surface area contributed by atoms with Gasteiger partial charge in [0.05, 0.1) is 13.3 Å². The number of anilines is 1. The van der Waals surface area contributed by atoms with Crippen molar-refractivity contribution in [3.8, 4) is 5.88 Å². The van der Waals surface area contributed by atoms with Gasteiger partial charge in [-0.25, -0.2) is 4.98 Å². The van der Waals surface area contributed by atoms with Crippen LogP contribution in [-0.4, -0.2) is 51.7 Å². The van der Waals surface area contributed by atoms with Gasteiger partial charge < -0.3 is 14.7 Å². The minimum absolute atomic E-state index is 0.139. The molecule has 1 saturated heterocycles. The van der Waals surface area contributed by atoms with Crippen LogP contribution in [0.1, 0.15) is 11.5 Å². The highest BCUT2D eigenvalue weighted by atomic mass is 16.5. The fourth-order valence-corrected chi connectivity index (χ4v) is 2.83. The molecule has 3 heterocycles. The molecule has 3 rings (SSSR count). The third-order valence-corrected chi connectivity index (χ3v) is 3.94. The second-order valence-corrected chi connectivity index (χ2v) is 5.30. The zero-order valence-corrected chi connectivity index (χ0v) is 12.2. The van der Waals surface area contributed by atoms with Crippen molar-refractivity contribution in [2.75, 3.05) is 31.7 Å². The van der Waals surface area contributed by atoms with E-state index in [-0.39, 0.29) is 18.4 Å².